The third-order valence-electron chi connectivity index (χ3n) is 7.88. The van der Waals surface area contributed by atoms with Crippen molar-refractivity contribution >= 4 is 34.8 Å². The minimum atomic E-state index is -0.433. The van der Waals surface area contributed by atoms with E-state index >= 15 is 0 Å². The normalized spacial score (nSPS) is 15.3. The van der Waals surface area contributed by atoms with Gasteiger partial charge >= 0.3 is 0 Å². The number of fused-ring (bicyclic) bond motifs is 1. The molecule has 10 nitrogen and oxygen atoms in total. The van der Waals surface area contributed by atoms with Crippen LogP contribution < -0.4 is 20.7 Å². The number of nitrogens with one attached hydrogen (secondary N) is 3. The number of carbonyl (C=O) groups excluding carboxylic acids is 1. The molecule has 1 aliphatic rings. The number of methoxy groups -OCH3 is 1. The van der Waals surface area contributed by atoms with Gasteiger partial charge in [0.2, 0.25) is 11.8 Å². The average Bonchev–Trinajstić information content (AvgIpc) is 3.66. The molecule has 0 radical (unpaired) electrons. The molecule has 4 heterocycles. The number of aliphatic hydroxyl groups excluding tert-OH is 1. The Morgan fingerprint density at radius 1 is 0.957 bits per heavy atom. The summed E-state index contributed by atoms with van der Waals surface area (Å²) in [5.41, 5.74) is 6.87. The summed E-state index contributed by atoms with van der Waals surface area (Å²) in [6.07, 6.45) is 2.84. The molecule has 0 aliphatic carbocycles. The minimum absolute atomic E-state index is 0.100. The van der Waals surface area contributed by atoms with Crippen LogP contribution in [0.15, 0.2) is 66.9 Å². The molecule has 1 saturated heterocycles. The number of pyridine rings is 1. The summed E-state index contributed by atoms with van der Waals surface area (Å²) < 4.78 is 7.37. The van der Waals surface area contributed by atoms with E-state index in [0.29, 0.717) is 65.6 Å². The van der Waals surface area contributed by atoms with Gasteiger partial charge in [-0.15, -0.1) is 0 Å². The van der Waals surface area contributed by atoms with Crippen LogP contribution in [0.5, 0.6) is 5.88 Å². The number of benzene rings is 2. The third kappa shape index (κ3) is 7.01. The van der Waals surface area contributed by atoms with E-state index in [1.807, 2.05) is 66.9 Å². The van der Waals surface area contributed by atoms with E-state index < -0.39 is 6.10 Å². The highest BCUT2D eigenvalue weighted by molar-refractivity contribution is 6.39. The maximum Gasteiger partial charge on any atom is 0.220 e. The zero-order chi connectivity index (χ0) is 32.2. The number of hydrogen-bond donors (Lipinski definition) is 4. The fraction of sp³-hybridized carbons (Fsp3) is 0.294. The van der Waals surface area contributed by atoms with Gasteiger partial charge in [-0.05, 0) is 31.5 Å². The van der Waals surface area contributed by atoms with Gasteiger partial charge in [0.25, 0.3) is 0 Å². The largest absolute Gasteiger partial charge is 0.481 e. The molecule has 0 bridgehead atoms. The van der Waals surface area contributed by atoms with E-state index in [-0.39, 0.29) is 11.9 Å². The van der Waals surface area contributed by atoms with Crippen molar-refractivity contribution in [2.45, 2.75) is 45.0 Å². The Morgan fingerprint density at radius 3 is 2.33 bits per heavy atom. The quantitative estimate of drug-likeness (QED) is 0.143. The second kappa shape index (κ2) is 14.1. The van der Waals surface area contributed by atoms with Crippen molar-refractivity contribution < 1.29 is 14.6 Å². The number of aromatic nitrogens is 4. The van der Waals surface area contributed by atoms with E-state index in [0.717, 1.165) is 39.9 Å². The number of hydrogen-bond acceptors (Lipinski definition) is 8. The van der Waals surface area contributed by atoms with Gasteiger partial charge in [-0.1, -0.05) is 65.7 Å². The molecule has 2 aromatic carbocycles. The average molecular weight is 661 g/mol. The number of amides is 1. The van der Waals surface area contributed by atoms with Crippen molar-refractivity contribution in [2.75, 3.05) is 20.2 Å². The summed E-state index contributed by atoms with van der Waals surface area (Å²) in [5, 5.41) is 24.9. The molecular weight excluding hydrogens is 625 g/mol. The van der Waals surface area contributed by atoms with Gasteiger partial charge in [0.1, 0.15) is 0 Å². The summed E-state index contributed by atoms with van der Waals surface area (Å²) in [6.45, 7) is 3.97. The van der Waals surface area contributed by atoms with Gasteiger partial charge in [-0.25, -0.2) is 14.5 Å². The molecule has 12 heteroatoms. The predicted molar refractivity (Wildman–Crippen MR) is 180 cm³/mol. The molecular formula is C34H35Cl2N7O3. The Morgan fingerprint density at radius 2 is 1.65 bits per heavy atom. The number of ether oxygens (including phenoxy) is 1. The minimum Gasteiger partial charge on any atom is -0.481 e. The molecule has 5 aromatic rings. The van der Waals surface area contributed by atoms with Crippen molar-refractivity contribution in [1.82, 2.24) is 35.5 Å². The highest BCUT2D eigenvalue weighted by Crippen LogP contribution is 2.42. The predicted octanol–water partition coefficient (Wildman–Crippen LogP) is 5.28. The van der Waals surface area contributed by atoms with Gasteiger partial charge in [-0.3, -0.25) is 4.79 Å². The standard InChI is InChI=1S/C34H35Cl2N7O3/c1-20(44)15-37-18-23-19-43-30(39-23)13-12-29(42-43)27-8-4-6-25(33(27)36)24-5-3-7-26(32(24)35)28-11-9-21(34(41-28)46-2)16-38-17-22-10-14-31(45)40-22/h3-9,11-13,19-20,22,37-38,44H,10,14-18H2,1-2H3,(H,40,45). The summed E-state index contributed by atoms with van der Waals surface area (Å²) >= 11 is 14.1. The molecule has 0 spiro atoms. The van der Waals surface area contributed by atoms with E-state index in [2.05, 4.69) is 20.9 Å². The van der Waals surface area contributed by atoms with Crippen LogP contribution in [0, 0.1) is 0 Å². The lowest BCUT2D eigenvalue weighted by atomic mass is 9.98. The van der Waals surface area contributed by atoms with Crippen LogP contribution in [0.1, 0.15) is 31.0 Å². The molecule has 1 amide bonds. The van der Waals surface area contributed by atoms with Crippen molar-refractivity contribution in [2.24, 2.45) is 0 Å². The Balaban J connectivity index is 1.24. The van der Waals surface area contributed by atoms with E-state index in [1.54, 1.807) is 18.5 Å². The fourth-order valence-corrected chi connectivity index (χ4v) is 6.24. The monoisotopic (exact) mass is 659 g/mol. The first-order chi connectivity index (χ1) is 22.3. The van der Waals surface area contributed by atoms with Crippen molar-refractivity contribution in [1.29, 1.82) is 0 Å². The van der Waals surface area contributed by atoms with Gasteiger partial charge in [0, 0.05) is 66.5 Å². The maximum absolute atomic E-state index is 11.5. The van der Waals surface area contributed by atoms with E-state index in [4.69, 9.17) is 38.0 Å². The zero-order valence-corrected chi connectivity index (χ0v) is 27.1. The number of halogens is 2. The van der Waals surface area contributed by atoms with E-state index in [9.17, 15) is 9.90 Å². The number of rotatable bonds is 12. The number of imidazole rings is 1. The smallest absolute Gasteiger partial charge is 0.220 e. The molecule has 1 fully saturated rings. The molecule has 0 saturated carbocycles. The first kappa shape index (κ1) is 31.9. The second-order valence-corrected chi connectivity index (χ2v) is 12.1. The van der Waals surface area contributed by atoms with Crippen molar-refractivity contribution in [3.8, 4) is 39.5 Å². The number of nitrogens with zero attached hydrogens (tertiary/aromatic N) is 4. The topological polar surface area (TPSA) is 126 Å². The molecule has 4 N–H and O–H groups in total. The lowest BCUT2D eigenvalue weighted by molar-refractivity contribution is -0.119. The van der Waals surface area contributed by atoms with Gasteiger partial charge in [0.05, 0.1) is 46.5 Å². The van der Waals surface area contributed by atoms with Crippen molar-refractivity contribution in [3.05, 3.63) is 88.2 Å². The van der Waals surface area contributed by atoms with Gasteiger partial charge in [0.15, 0.2) is 5.65 Å². The van der Waals surface area contributed by atoms with Crippen LogP contribution in [0.2, 0.25) is 10.0 Å². The summed E-state index contributed by atoms with van der Waals surface area (Å²) in [7, 11) is 1.60. The van der Waals surface area contributed by atoms with Crippen LogP contribution in [0.4, 0.5) is 0 Å². The Labute approximate surface area is 277 Å². The van der Waals surface area contributed by atoms with Crippen LogP contribution in [-0.4, -0.2) is 62.9 Å². The van der Waals surface area contributed by atoms with Crippen LogP contribution in [0.3, 0.4) is 0 Å². The van der Waals surface area contributed by atoms with Crippen LogP contribution >= 0.6 is 23.2 Å². The summed E-state index contributed by atoms with van der Waals surface area (Å²) in [5.74, 6) is 0.605. The summed E-state index contributed by atoms with van der Waals surface area (Å²) in [4.78, 5) is 20.9. The van der Waals surface area contributed by atoms with Crippen molar-refractivity contribution in [3.63, 3.8) is 0 Å². The van der Waals surface area contributed by atoms with Gasteiger partial charge in [-0.2, -0.15) is 5.10 Å². The Bertz CT molecular complexity index is 1880. The maximum atomic E-state index is 11.5. The molecule has 3 aromatic heterocycles. The first-order valence-corrected chi connectivity index (χ1v) is 15.9. The fourth-order valence-electron chi connectivity index (χ4n) is 5.59. The lowest BCUT2D eigenvalue weighted by Gasteiger charge is -2.15. The number of carbonyl (C=O) groups is 1. The molecule has 2 atom stereocenters. The highest BCUT2D eigenvalue weighted by atomic mass is 35.5. The third-order valence-corrected chi connectivity index (χ3v) is 8.69. The molecule has 1 aliphatic heterocycles. The lowest BCUT2D eigenvalue weighted by Crippen LogP contribution is -2.35. The van der Waals surface area contributed by atoms with E-state index in [1.165, 1.54) is 0 Å². The molecule has 46 heavy (non-hydrogen) atoms. The SMILES string of the molecule is COc1nc(-c2cccc(-c3cccc(-c4ccc5nc(CNCC(C)O)cn5n4)c3Cl)c2Cl)ccc1CNCC1CCC(=O)N1. The van der Waals surface area contributed by atoms with Crippen LogP contribution in [-0.2, 0) is 17.9 Å². The molecule has 238 valence electrons. The van der Waals surface area contributed by atoms with Gasteiger partial charge < -0.3 is 25.8 Å². The second-order valence-electron chi connectivity index (χ2n) is 11.4. The molecule has 6 rings (SSSR count). The highest BCUT2D eigenvalue weighted by Gasteiger charge is 2.21. The first-order valence-electron chi connectivity index (χ1n) is 15.2. The zero-order valence-electron chi connectivity index (χ0n) is 25.6. The molecule has 2 unspecified atom stereocenters. The number of aliphatic hydroxyl groups is 1. The van der Waals surface area contributed by atoms with Crippen LogP contribution in [0.25, 0.3) is 39.3 Å². The Kier molecular flexibility index (Phi) is 9.81. The Hall–Kier alpha value is -4.06. The summed E-state index contributed by atoms with van der Waals surface area (Å²) in [6, 6.07) is 19.4.